The van der Waals surface area contributed by atoms with Crippen molar-refractivity contribution in [2.45, 2.75) is 39.5 Å². The van der Waals surface area contributed by atoms with Gasteiger partial charge in [0.2, 0.25) is 0 Å². The maximum Gasteiger partial charge on any atom is 0.162 e. The molecule has 0 N–H and O–H groups in total. The Hall–Kier alpha value is -2.09. The van der Waals surface area contributed by atoms with Crippen molar-refractivity contribution in [2.24, 2.45) is 0 Å². The molecule has 0 radical (unpaired) electrons. The molecule has 0 heterocycles. The third-order valence-corrected chi connectivity index (χ3v) is 3.45. The van der Waals surface area contributed by atoms with Crippen molar-refractivity contribution in [2.75, 3.05) is 0 Å². The lowest BCUT2D eigenvalue weighted by Crippen LogP contribution is -2.10. The smallest absolute Gasteiger partial charge is 0.162 e. The monoisotopic (exact) mass is 282 g/mol. The highest BCUT2D eigenvalue weighted by Crippen LogP contribution is 2.27. The number of carbonyl (C=O) groups is 1. The van der Waals surface area contributed by atoms with E-state index in [0.29, 0.717) is 6.42 Å². The van der Waals surface area contributed by atoms with Crippen LogP contribution in [0.1, 0.15) is 50.0 Å². The quantitative estimate of drug-likeness (QED) is 0.705. The molecule has 0 fully saturated rings. The summed E-state index contributed by atoms with van der Waals surface area (Å²) < 4.78 is 5.80. The van der Waals surface area contributed by atoms with Gasteiger partial charge in [-0.2, -0.15) is 0 Å². The first-order chi connectivity index (χ1) is 9.90. The first kappa shape index (κ1) is 15.3. The Balaban J connectivity index is 2.10. The van der Waals surface area contributed by atoms with Crippen LogP contribution < -0.4 is 4.74 Å². The van der Waals surface area contributed by atoms with E-state index in [2.05, 4.69) is 32.9 Å². The summed E-state index contributed by atoms with van der Waals surface area (Å²) in [6.07, 6.45) is 0.522. The largest absolute Gasteiger partial charge is 0.457 e. The van der Waals surface area contributed by atoms with E-state index >= 15 is 0 Å². The molecule has 2 aromatic rings. The number of ketones is 1. The Kier molecular flexibility index (Phi) is 4.46. The van der Waals surface area contributed by atoms with Gasteiger partial charge in [-0.15, -0.1) is 0 Å². The normalized spacial score (nSPS) is 11.2. The van der Waals surface area contributed by atoms with Gasteiger partial charge in [0.05, 0.1) is 0 Å². The molecule has 0 aliphatic carbocycles. The Morgan fingerprint density at radius 2 is 1.38 bits per heavy atom. The third kappa shape index (κ3) is 3.94. The summed E-state index contributed by atoms with van der Waals surface area (Å²) in [5.74, 6) is 1.69. The molecule has 0 saturated carbocycles. The SMILES string of the molecule is CCC(=O)c1ccc(Oc2ccc(C(C)(C)C)cc2)cc1. The van der Waals surface area contributed by atoms with E-state index in [0.717, 1.165) is 17.1 Å². The molecule has 2 nitrogen and oxygen atoms in total. The molecule has 0 saturated heterocycles. The van der Waals surface area contributed by atoms with E-state index < -0.39 is 0 Å². The lowest BCUT2D eigenvalue weighted by Gasteiger charge is -2.19. The van der Waals surface area contributed by atoms with Gasteiger partial charge in [-0.05, 0) is 47.4 Å². The fourth-order valence-electron chi connectivity index (χ4n) is 2.07. The van der Waals surface area contributed by atoms with Crippen LogP contribution in [0, 0.1) is 0 Å². The number of carbonyl (C=O) groups excluding carboxylic acids is 1. The predicted molar refractivity (Wildman–Crippen MR) is 86.3 cm³/mol. The molecular formula is C19H22O2. The Labute approximate surface area is 126 Å². The number of rotatable bonds is 4. The zero-order chi connectivity index (χ0) is 15.5. The molecule has 0 unspecified atom stereocenters. The zero-order valence-electron chi connectivity index (χ0n) is 13.1. The van der Waals surface area contributed by atoms with Crippen LogP contribution in [0.5, 0.6) is 11.5 Å². The summed E-state index contributed by atoms with van der Waals surface area (Å²) in [5.41, 5.74) is 2.15. The van der Waals surface area contributed by atoms with Gasteiger partial charge in [-0.3, -0.25) is 4.79 Å². The van der Waals surface area contributed by atoms with Crippen molar-refractivity contribution in [3.05, 3.63) is 59.7 Å². The molecule has 0 atom stereocenters. The van der Waals surface area contributed by atoms with Crippen LogP contribution in [-0.2, 0) is 5.41 Å². The summed E-state index contributed by atoms with van der Waals surface area (Å²) >= 11 is 0. The van der Waals surface area contributed by atoms with Gasteiger partial charge < -0.3 is 4.74 Å². The highest BCUT2D eigenvalue weighted by Gasteiger charge is 2.13. The topological polar surface area (TPSA) is 26.3 Å². The molecule has 0 aromatic heterocycles. The standard InChI is InChI=1S/C19H22O2/c1-5-18(20)14-6-10-16(11-7-14)21-17-12-8-15(9-13-17)19(2,3)4/h6-13H,5H2,1-4H3. The Morgan fingerprint density at radius 3 is 1.81 bits per heavy atom. The summed E-state index contributed by atoms with van der Waals surface area (Å²) in [6.45, 7) is 8.43. The third-order valence-electron chi connectivity index (χ3n) is 3.45. The zero-order valence-corrected chi connectivity index (χ0v) is 13.1. The minimum atomic E-state index is 0.140. The molecule has 21 heavy (non-hydrogen) atoms. The van der Waals surface area contributed by atoms with Crippen molar-refractivity contribution >= 4 is 5.78 Å². The minimum absolute atomic E-state index is 0.140. The molecule has 110 valence electrons. The van der Waals surface area contributed by atoms with Gasteiger partial charge in [0, 0.05) is 12.0 Å². The second-order valence-corrected chi connectivity index (χ2v) is 6.18. The molecule has 0 amide bonds. The average Bonchev–Trinajstić information content (AvgIpc) is 2.47. The van der Waals surface area contributed by atoms with Gasteiger partial charge in [0.1, 0.15) is 11.5 Å². The maximum atomic E-state index is 11.6. The molecule has 0 spiro atoms. The summed E-state index contributed by atoms with van der Waals surface area (Å²) in [5, 5.41) is 0. The molecular weight excluding hydrogens is 260 g/mol. The minimum Gasteiger partial charge on any atom is -0.457 e. The second-order valence-electron chi connectivity index (χ2n) is 6.18. The molecule has 2 aromatic carbocycles. The van der Waals surface area contributed by atoms with Gasteiger partial charge in [0.15, 0.2) is 5.78 Å². The summed E-state index contributed by atoms with van der Waals surface area (Å²) in [7, 11) is 0. The van der Waals surface area contributed by atoms with E-state index in [1.165, 1.54) is 5.56 Å². The lowest BCUT2D eigenvalue weighted by molar-refractivity contribution is 0.0988. The molecule has 0 aliphatic heterocycles. The molecule has 0 aliphatic rings. The first-order valence-corrected chi connectivity index (χ1v) is 7.32. The summed E-state index contributed by atoms with van der Waals surface area (Å²) in [4.78, 5) is 11.6. The van der Waals surface area contributed by atoms with Crippen molar-refractivity contribution < 1.29 is 9.53 Å². The molecule has 0 bridgehead atoms. The molecule has 2 rings (SSSR count). The number of ether oxygens (including phenoxy) is 1. The van der Waals surface area contributed by atoms with Crippen molar-refractivity contribution in [1.29, 1.82) is 0 Å². The lowest BCUT2D eigenvalue weighted by atomic mass is 9.87. The average molecular weight is 282 g/mol. The summed E-state index contributed by atoms with van der Waals surface area (Å²) in [6, 6.07) is 15.4. The predicted octanol–water partition coefficient (Wildman–Crippen LogP) is 5.37. The van der Waals surface area contributed by atoms with E-state index in [1.54, 1.807) is 0 Å². The van der Waals surface area contributed by atoms with Gasteiger partial charge in [-0.1, -0.05) is 39.8 Å². The van der Waals surface area contributed by atoms with E-state index in [9.17, 15) is 4.79 Å². The fourth-order valence-corrected chi connectivity index (χ4v) is 2.07. The Morgan fingerprint density at radius 1 is 0.905 bits per heavy atom. The number of benzene rings is 2. The maximum absolute atomic E-state index is 11.6. The number of Topliss-reactive ketones (excluding diaryl/α,β-unsaturated/α-hetero) is 1. The Bertz CT molecular complexity index is 602. The van der Waals surface area contributed by atoms with Crippen molar-refractivity contribution in [3.8, 4) is 11.5 Å². The van der Waals surface area contributed by atoms with Crippen LogP contribution in [-0.4, -0.2) is 5.78 Å². The second kappa shape index (κ2) is 6.13. The van der Waals surface area contributed by atoms with Crippen molar-refractivity contribution in [3.63, 3.8) is 0 Å². The van der Waals surface area contributed by atoms with Crippen LogP contribution in [0.2, 0.25) is 0 Å². The van der Waals surface area contributed by atoms with E-state index in [1.807, 2.05) is 43.3 Å². The van der Waals surface area contributed by atoms with Crippen molar-refractivity contribution in [1.82, 2.24) is 0 Å². The van der Waals surface area contributed by atoms with E-state index in [-0.39, 0.29) is 11.2 Å². The first-order valence-electron chi connectivity index (χ1n) is 7.32. The molecule has 2 heteroatoms. The van der Waals surface area contributed by atoms with Gasteiger partial charge >= 0.3 is 0 Å². The van der Waals surface area contributed by atoms with Crippen LogP contribution in [0.4, 0.5) is 0 Å². The highest BCUT2D eigenvalue weighted by atomic mass is 16.5. The number of hydrogen-bond acceptors (Lipinski definition) is 2. The van der Waals surface area contributed by atoms with Crippen LogP contribution in [0.25, 0.3) is 0 Å². The van der Waals surface area contributed by atoms with Crippen LogP contribution >= 0.6 is 0 Å². The highest BCUT2D eigenvalue weighted by molar-refractivity contribution is 5.95. The fraction of sp³-hybridized carbons (Fsp3) is 0.316. The van der Waals surface area contributed by atoms with Crippen LogP contribution in [0.3, 0.4) is 0 Å². The van der Waals surface area contributed by atoms with E-state index in [4.69, 9.17) is 4.74 Å². The number of hydrogen-bond donors (Lipinski definition) is 0. The van der Waals surface area contributed by atoms with Gasteiger partial charge in [0.25, 0.3) is 0 Å². The van der Waals surface area contributed by atoms with Gasteiger partial charge in [-0.25, -0.2) is 0 Å². The van der Waals surface area contributed by atoms with Crippen LogP contribution in [0.15, 0.2) is 48.5 Å².